The number of para-hydroxylation sites is 1. The Morgan fingerprint density at radius 1 is 1.04 bits per heavy atom. The predicted octanol–water partition coefficient (Wildman–Crippen LogP) is 6.53. The molecule has 0 aliphatic heterocycles. The molecule has 1 aromatic heterocycles. The molecule has 3 rings (SSSR count). The van der Waals surface area contributed by atoms with Gasteiger partial charge in [0.1, 0.15) is 0 Å². The van der Waals surface area contributed by atoms with E-state index in [1.807, 2.05) is 30.3 Å². The van der Waals surface area contributed by atoms with E-state index in [1.54, 1.807) is 11.3 Å². The summed E-state index contributed by atoms with van der Waals surface area (Å²) >= 11 is 13.7. The highest BCUT2D eigenvalue weighted by Crippen LogP contribution is 2.29. The molecule has 4 heteroatoms. The third-order valence-electron chi connectivity index (χ3n) is 3.71. The Morgan fingerprint density at radius 2 is 1.83 bits per heavy atom. The lowest BCUT2D eigenvalue weighted by Gasteiger charge is -2.12. The molecule has 1 nitrogen and oxygen atoms in total. The van der Waals surface area contributed by atoms with Crippen LogP contribution in [0.1, 0.15) is 21.6 Å². The second-order valence-corrected chi connectivity index (χ2v) is 7.13. The van der Waals surface area contributed by atoms with Crippen molar-refractivity contribution in [3.63, 3.8) is 0 Å². The second kappa shape index (κ2) is 6.83. The Balaban J connectivity index is 1.88. The van der Waals surface area contributed by atoms with E-state index in [1.165, 1.54) is 11.1 Å². The SMILES string of the molecule is Cc1ccccc1Nc1ccc(C(=S)c2sccc2C)c(Cl)c1. The van der Waals surface area contributed by atoms with Gasteiger partial charge in [0.2, 0.25) is 0 Å². The van der Waals surface area contributed by atoms with Crippen molar-refractivity contribution < 1.29 is 0 Å². The maximum absolute atomic E-state index is 6.48. The molecular weight excluding hydrogens is 342 g/mol. The van der Waals surface area contributed by atoms with E-state index < -0.39 is 0 Å². The van der Waals surface area contributed by atoms with Crippen LogP contribution in [0.4, 0.5) is 11.4 Å². The second-order valence-electron chi connectivity index (χ2n) is 5.40. The van der Waals surface area contributed by atoms with Crippen LogP contribution >= 0.6 is 35.2 Å². The zero-order valence-corrected chi connectivity index (χ0v) is 15.3. The van der Waals surface area contributed by atoms with Crippen molar-refractivity contribution in [2.45, 2.75) is 13.8 Å². The molecule has 0 unspecified atom stereocenters. The molecule has 0 saturated heterocycles. The van der Waals surface area contributed by atoms with E-state index in [9.17, 15) is 0 Å². The van der Waals surface area contributed by atoms with Crippen molar-refractivity contribution in [3.8, 4) is 0 Å². The molecule has 0 saturated carbocycles. The van der Waals surface area contributed by atoms with E-state index in [4.69, 9.17) is 23.8 Å². The summed E-state index contributed by atoms with van der Waals surface area (Å²) in [7, 11) is 0. The molecule has 0 fully saturated rings. The maximum atomic E-state index is 6.48. The first-order chi connectivity index (χ1) is 11.1. The summed E-state index contributed by atoms with van der Waals surface area (Å²) in [4.78, 5) is 1.92. The van der Waals surface area contributed by atoms with Crippen molar-refractivity contribution in [1.82, 2.24) is 0 Å². The molecular formula is C19H16ClNS2. The minimum atomic E-state index is 0.668. The van der Waals surface area contributed by atoms with Crippen molar-refractivity contribution >= 4 is 51.4 Å². The molecule has 0 aliphatic carbocycles. The number of halogens is 1. The van der Waals surface area contributed by atoms with Crippen LogP contribution in [0.2, 0.25) is 5.02 Å². The molecule has 0 bridgehead atoms. The average Bonchev–Trinajstić information content (AvgIpc) is 2.95. The fourth-order valence-corrected chi connectivity index (χ4v) is 4.07. The highest BCUT2D eigenvalue weighted by atomic mass is 35.5. The van der Waals surface area contributed by atoms with Gasteiger partial charge in [-0.3, -0.25) is 0 Å². The number of thiophene rings is 1. The van der Waals surface area contributed by atoms with Gasteiger partial charge in [0.25, 0.3) is 0 Å². The summed E-state index contributed by atoms with van der Waals surface area (Å²) in [5.74, 6) is 0. The first kappa shape index (κ1) is 16.2. The summed E-state index contributed by atoms with van der Waals surface area (Å²) in [6.07, 6.45) is 0. The van der Waals surface area contributed by atoms with E-state index in [2.05, 4.69) is 42.7 Å². The van der Waals surface area contributed by atoms with Crippen LogP contribution in [0.15, 0.2) is 53.9 Å². The monoisotopic (exact) mass is 357 g/mol. The van der Waals surface area contributed by atoms with Gasteiger partial charge in [-0.2, -0.15) is 0 Å². The zero-order chi connectivity index (χ0) is 16.4. The Hall–Kier alpha value is -1.68. The van der Waals surface area contributed by atoms with Crippen molar-refractivity contribution in [3.05, 3.63) is 80.5 Å². The number of thiocarbonyl (C=S) groups is 1. The molecule has 1 N–H and O–H groups in total. The summed E-state index contributed by atoms with van der Waals surface area (Å²) in [6.45, 7) is 4.15. The number of hydrogen-bond acceptors (Lipinski definition) is 3. The first-order valence-electron chi connectivity index (χ1n) is 7.27. The minimum Gasteiger partial charge on any atom is -0.355 e. The summed E-state index contributed by atoms with van der Waals surface area (Å²) in [5.41, 5.74) is 5.32. The molecule has 116 valence electrons. The zero-order valence-electron chi connectivity index (χ0n) is 12.9. The van der Waals surface area contributed by atoms with Crippen molar-refractivity contribution in [1.29, 1.82) is 0 Å². The van der Waals surface area contributed by atoms with Gasteiger partial charge < -0.3 is 5.32 Å². The quantitative estimate of drug-likeness (QED) is 0.421. The van der Waals surface area contributed by atoms with E-state index in [0.29, 0.717) is 5.02 Å². The van der Waals surface area contributed by atoms with Gasteiger partial charge in [0.15, 0.2) is 0 Å². The lowest BCUT2D eigenvalue weighted by atomic mass is 10.1. The third-order valence-corrected chi connectivity index (χ3v) is 5.61. The molecule has 0 spiro atoms. The summed E-state index contributed by atoms with van der Waals surface area (Å²) in [6, 6.07) is 16.2. The van der Waals surface area contributed by atoms with Crippen LogP contribution in [0.25, 0.3) is 0 Å². The molecule has 23 heavy (non-hydrogen) atoms. The molecule has 0 atom stereocenters. The number of hydrogen-bond donors (Lipinski definition) is 1. The lowest BCUT2D eigenvalue weighted by molar-refractivity contribution is 1.43. The van der Waals surface area contributed by atoms with Gasteiger partial charge in [0, 0.05) is 21.8 Å². The van der Waals surface area contributed by atoms with Gasteiger partial charge in [0.05, 0.1) is 9.89 Å². The minimum absolute atomic E-state index is 0.668. The number of aryl methyl sites for hydroxylation is 2. The predicted molar refractivity (Wildman–Crippen MR) is 106 cm³/mol. The van der Waals surface area contributed by atoms with Crippen LogP contribution in [-0.2, 0) is 0 Å². The Morgan fingerprint density at radius 3 is 2.48 bits per heavy atom. The normalized spacial score (nSPS) is 10.6. The number of anilines is 2. The first-order valence-corrected chi connectivity index (χ1v) is 8.94. The topological polar surface area (TPSA) is 12.0 Å². The van der Waals surface area contributed by atoms with Gasteiger partial charge in [-0.1, -0.05) is 42.0 Å². The lowest BCUT2D eigenvalue weighted by Crippen LogP contribution is -2.01. The number of nitrogens with one attached hydrogen (secondary N) is 1. The van der Waals surface area contributed by atoms with Gasteiger partial charge in [-0.25, -0.2) is 0 Å². The Bertz CT molecular complexity index is 867. The van der Waals surface area contributed by atoms with Crippen LogP contribution in [0, 0.1) is 13.8 Å². The van der Waals surface area contributed by atoms with Crippen LogP contribution in [0.3, 0.4) is 0 Å². The van der Waals surface area contributed by atoms with E-state index in [0.717, 1.165) is 26.7 Å². The molecule has 3 aromatic rings. The average molecular weight is 358 g/mol. The number of benzene rings is 2. The van der Waals surface area contributed by atoms with Crippen LogP contribution < -0.4 is 5.32 Å². The highest BCUT2D eigenvalue weighted by Gasteiger charge is 2.13. The third kappa shape index (κ3) is 3.47. The molecule has 0 amide bonds. The fourth-order valence-electron chi connectivity index (χ4n) is 2.37. The Labute approximate surface area is 150 Å². The highest BCUT2D eigenvalue weighted by molar-refractivity contribution is 7.81. The molecule has 0 aliphatic rings. The Kier molecular flexibility index (Phi) is 4.81. The van der Waals surface area contributed by atoms with Crippen LogP contribution in [-0.4, -0.2) is 4.86 Å². The van der Waals surface area contributed by atoms with E-state index in [-0.39, 0.29) is 0 Å². The molecule has 0 radical (unpaired) electrons. The van der Waals surface area contributed by atoms with E-state index >= 15 is 0 Å². The van der Waals surface area contributed by atoms with Crippen molar-refractivity contribution in [2.75, 3.05) is 5.32 Å². The smallest absolute Gasteiger partial charge is 0.0639 e. The van der Waals surface area contributed by atoms with Crippen LogP contribution in [0.5, 0.6) is 0 Å². The standard InChI is InChI=1S/C19H16ClNS2/c1-12-5-3-4-6-17(12)21-14-7-8-15(16(20)11-14)18(22)19-13(2)9-10-23-19/h3-11,21H,1-2H3. The molecule has 2 aromatic carbocycles. The van der Waals surface area contributed by atoms with Gasteiger partial charge in [-0.05, 0) is 60.7 Å². The molecule has 1 heterocycles. The van der Waals surface area contributed by atoms with Gasteiger partial charge >= 0.3 is 0 Å². The van der Waals surface area contributed by atoms with Crippen molar-refractivity contribution in [2.24, 2.45) is 0 Å². The largest absolute Gasteiger partial charge is 0.355 e. The number of rotatable bonds is 4. The van der Waals surface area contributed by atoms with Gasteiger partial charge in [-0.15, -0.1) is 11.3 Å². The fraction of sp³-hybridized carbons (Fsp3) is 0.105. The summed E-state index contributed by atoms with van der Waals surface area (Å²) < 4.78 is 0. The maximum Gasteiger partial charge on any atom is 0.0639 e. The summed E-state index contributed by atoms with van der Waals surface area (Å²) in [5, 5.41) is 6.12.